The van der Waals surface area contributed by atoms with Gasteiger partial charge in [-0.2, -0.15) is 0 Å². The van der Waals surface area contributed by atoms with E-state index in [9.17, 15) is 9.59 Å². The molecule has 1 heterocycles. The number of para-hydroxylation sites is 1. The highest BCUT2D eigenvalue weighted by Gasteiger charge is 2.29. The average molecular weight is 377 g/mol. The molecule has 6 heteroatoms. The third kappa shape index (κ3) is 4.33. The van der Waals surface area contributed by atoms with Gasteiger partial charge in [-0.05, 0) is 49.2 Å². The van der Waals surface area contributed by atoms with Crippen molar-refractivity contribution >= 4 is 40.7 Å². The van der Waals surface area contributed by atoms with Crippen LogP contribution in [-0.4, -0.2) is 29.8 Å². The Labute approximate surface area is 156 Å². The van der Waals surface area contributed by atoms with Crippen molar-refractivity contribution < 1.29 is 9.59 Å². The predicted octanol–water partition coefficient (Wildman–Crippen LogP) is 4.48. The lowest BCUT2D eigenvalue weighted by Crippen LogP contribution is -2.43. The van der Waals surface area contributed by atoms with Gasteiger partial charge in [-0.1, -0.05) is 35.3 Å². The summed E-state index contributed by atoms with van der Waals surface area (Å²) in [6.45, 7) is 1.05. The van der Waals surface area contributed by atoms with Crippen molar-refractivity contribution in [3.8, 4) is 0 Å². The van der Waals surface area contributed by atoms with Crippen LogP contribution in [0.5, 0.6) is 0 Å². The van der Waals surface area contributed by atoms with Crippen molar-refractivity contribution in [3.05, 3.63) is 64.1 Å². The number of piperidine rings is 1. The van der Waals surface area contributed by atoms with Crippen LogP contribution in [0.25, 0.3) is 0 Å². The number of carbonyl (C=O) groups excluding carboxylic acids is 2. The highest BCUT2D eigenvalue weighted by Crippen LogP contribution is 2.24. The molecule has 0 bridgehead atoms. The summed E-state index contributed by atoms with van der Waals surface area (Å²) in [5.41, 5.74) is 1.17. The summed E-state index contributed by atoms with van der Waals surface area (Å²) in [5, 5.41) is 3.95. The molecule has 0 aromatic heterocycles. The number of amides is 2. The molecule has 1 fully saturated rings. The van der Waals surface area contributed by atoms with E-state index in [0.29, 0.717) is 34.4 Å². The Balaban J connectivity index is 1.66. The molecule has 1 saturated heterocycles. The van der Waals surface area contributed by atoms with E-state index in [-0.39, 0.29) is 17.7 Å². The summed E-state index contributed by atoms with van der Waals surface area (Å²) in [7, 11) is 0. The van der Waals surface area contributed by atoms with Gasteiger partial charge >= 0.3 is 0 Å². The van der Waals surface area contributed by atoms with Crippen molar-refractivity contribution in [1.29, 1.82) is 0 Å². The largest absolute Gasteiger partial charge is 0.338 e. The van der Waals surface area contributed by atoms with Gasteiger partial charge in [-0.15, -0.1) is 0 Å². The first-order valence-corrected chi connectivity index (χ1v) is 8.90. The maximum Gasteiger partial charge on any atom is 0.253 e. The summed E-state index contributed by atoms with van der Waals surface area (Å²) < 4.78 is 0. The molecule has 0 saturated carbocycles. The van der Waals surface area contributed by atoms with Crippen LogP contribution in [-0.2, 0) is 4.79 Å². The molecular weight excluding hydrogens is 359 g/mol. The van der Waals surface area contributed by atoms with Crippen LogP contribution < -0.4 is 5.32 Å². The van der Waals surface area contributed by atoms with Gasteiger partial charge in [0.25, 0.3) is 5.91 Å². The smallest absolute Gasteiger partial charge is 0.253 e. The summed E-state index contributed by atoms with van der Waals surface area (Å²) in [5.74, 6) is -0.435. The van der Waals surface area contributed by atoms with Gasteiger partial charge in [0.1, 0.15) is 0 Å². The highest BCUT2D eigenvalue weighted by molar-refractivity contribution is 6.33. The topological polar surface area (TPSA) is 49.4 Å². The minimum absolute atomic E-state index is 0.0769. The number of anilines is 1. The molecule has 3 rings (SSSR count). The molecule has 0 aliphatic carbocycles. The van der Waals surface area contributed by atoms with Crippen LogP contribution in [0.4, 0.5) is 5.69 Å². The number of halogens is 2. The lowest BCUT2D eigenvalue weighted by molar-refractivity contribution is -0.121. The van der Waals surface area contributed by atoms with Gasteiger partial charge in [-0.25, -0.2) is 0 Å². The highest BCUT2D eigenvalue weighted by atomic mass is 35.5. The maximum absolute atomic E-state index is 12.6. The monoisotopic (exact) mass is 376 g/mol. The maximum atomic E-state index is 12.6. The average Bonchev–Trinajstić information content (AvgIpc) is 2.64. The molecule has 4 nitrogen and oxygen atoms in total. The van der Waals surface area contributed by atoms with Gasteiger partial charge in [0, 0.05) is 23.7 Å². The number of hydrogen-bond donors (Lipinski definition) is 1. The molecule has 130 valence electrons. The Morgan fingerprint density at radius 3 is 2.48 bits per heavy atom. The van der Waals surface area contributed by atoms with E-state index in [2.05, 4.69) is 5.32 Å². The van der Waals surface area contributed by atoms with Crippen molar-refractivity contribution in [1.82, 2.24) is 4.90 Å². The predicted molar refractivity (Wildman–Crippen MR) is 100 cm³/mol. The second-order valence-corrected chi connectivity index (χ2v) is 6.91. The first-order chi connectivity index (χ1) is 12.0. The fourth-order valence-corrected chi connectivity index (χ4v) is 3.26. The van der Waals surface area contributed by atoms with E-state index in [1.807, 2.05) is 12.1 Å². The molecule has 1 atom stereocenters. The quantitative estimate of drug-likeness (QED) is 0.857. The van der Waals surface area contributed by atoms with E-state index in [1.165, 1.54) is 0 Å². The Kier molecular flexibility index (Phi) is 5.61. The van der Waals surface area contributed by atoms with Crippen LogP contribution in [0.3, 0.4) is 0 Å². The van der Waals surface area contributed by atoms with E-state index in [1.54, 1.807) is 41.3 Å². The fraction of sp³-hybridized carbons (Fsp3) is 0.263. The number of carbonyl (C=O) groups is 2. The van der Waals surface area contributed by atoms with Gasteiger partial charge in [0.2, 0.25) is 5.91 Å². The number of nitrogens with zero attached hydrogens (tertiary/aromatic N) is 1. The van der Waals surface area contributed by atoms with Gasteiger partial charge in [0.15, 0.2) is 0 Å². The number of benzene rings is 2. The molecule has 0 radical (unpaired) electrons. The number of likely N-dealkylation sites (tertiary alicyclic amines) is 1. The minimum atomic E-state index is -0.249. The zero-order chi connectivity index (χ0) is 17.8. The molecule has 1 unspecified atom stereocenters. The first kappa shape index (κ1) is 17.8. The number of rotatable bonds is 3. The SMILES string of the molecule is O=C(Nc1ccccc1Cl)C1CCCN(C(=O)c2ccc(Cl)cc2)C1. The standard InChI is InChI=1S/C19H18Cl2N2O2/c20-15-9-7-13(8-10-15)19(25)23-11-3-4-14(12-23)18(24)22-17-6-2-1-5-16(17)21/h1-2,5-10,14H,3-4,11-12H2,(H,22,24). The summed E-state index contributed by atoms with van der Waals surface area (Å²) >= 11 is 12.0. The van der Waals surface area contributed by atoms with E-state index in [0.717, 1.165) is 12.8 Å². The first-order valence-electron chi connectivity index (χ1n) is 8.15. The third-order valence-corrected chi connectivity index (χ3v) is 4.88. The Morgan fingerprint density at radius 2 is 1.76 bits per heavy atom. The van der Waals surface area contributed by atoms with Crippen molar-refractivity contribution in [2.75, 3.05) is 18.4 Å². The van der Waals surface area contributed by atoms with Crippen LogP contribution in [0, 0.1) is 5.92 Å². The van der Waals surface area contributed by atoms with Crippen LogP contribution in [0.2, 0.25) is 10.0 Å². The van der Waals surface area contributed by atoms with Gasteiger partial charge in [0.05, 0.1) is 16.6 Å². The summed E-state index contributed by atoms with van der Waals surface area (Å²) in [6.07, 6.45) is 1.54. The van der Waals surface area contributed by atoms with E-state index in [4.69, 9.17) is 23.2 Å². The minimum Gasteiger partial charge on any atom is -0.338 e. The second kappa shape index (κ2) is 7.89. The molecule has 1 aliphatic heterocycles. The molecule has 0 spiro atoms. The third-order valence-electron chi connectivity index (χ3n) is 4.30. The molecule has 1 N–H and O–H groups in total. The van der Waals surface area contributed by atoms with Crippen LogP contribution in [0.1, 0.15) is 23.2 Å². The molecular formula is C19H18Cl2N2O2. The number of nitrogens with one attached hydrogen (secondary N) is 1. The zero-order valence-corrected chi connectivity index (χ0v) is 15.1. The van der Waals surface area contributed by atoms with Crippen molar-refractivity contribution in [2.24, 2.45) is 5.92 Å². The fourth-order valence-electron chi connectivity index (χ4n) is 2.95. The zero-order valence-electron chi connectivity index (χ0n) is 13.5. The van der Waals surface area contributed by atoms with Crippen LogP contribution in [0.15, 0.2) is 48.5 Å². The van der Waals surface area contributed by atoms with E-state index >= 15 is 0 Å². The molecule has 1 aliphatic rings. The van der Waals surface area contributed by atoms with Crippen molar-refractivity contribution in [2.45, 2.75) is 12.8 Å². The lowest BCUT2D eigenvalue weighted by atomic mass is 9.96. The van der Waals surface area contributed by atoms with Crippen molar-refractivity contribution in [3.63, 3.8) is 0 Å². The normalized spacial score (nSPS) is 17.2. The van der Waals surface area contributed by atoms with Crippen LogP contribution >= 0.6 is 23.2 Å². The molecule has 2 aromatic rings. The lowest BCUT2D eigenvalue weighted by Gasteiger charge is -2.32. The Morgan fingerprint density at radius 1 is 1.04 bits per heavy atom. The summed E-state index contributed by atoms with van der Waals surface area (Å²) in [4.78, 5) is 26.9. The molecule has 25 heavy (non-hydrogen) atoms. The Hall–Kier alpha value is -2.04. The molecule has 2 amide bonds. The van der Waals surface area contributed by atoms with Gasteiger partial charge in [-0.3, -0.25) is 9.59 Å². The van der Waals surface area contributed by atoms with Gasteiger partial charge < -0.3 is 10.2 Å². The number of hydrogen-bond acceptors (Lipinski definition) is 2. The molecule has 2 aromatic carbocycles. The Bertz CT molecular complexity index is 777. The summed E-state index contributed by atoms with van der Waals surface area (Å²) in [6, 6.07) is 13.9. The van der Waals surface area contributed by atoms with E-state index < -0.39 is 0 Å². The second-order valence-electron chi connectivity index (χ2n) is 6.07.